The van der Waals surface area contributed by atoms with Gasteiger partial charge in [-0.15, -0.1) is 0 Å². The van der Waals surface area contributed by atoms with Crippen molar-refractivity contribution in [3.63, 3.8) is 0 Å². The maximum atomic E-state index is 13.0. The molecular formula is C55H92O15. The summed E-state index contributed by atoms with van der Waals surface area (Å²) in [5.41, 5.74) is 0. The van der Waals surface area contributed by atoms with Crippen LogP contribution >= 0.6 is 0 Å². The van der Waals surface area contributed by atoms with E-state index in [-0.39, 0.29) is 19.4 Å². The van der Waals surface area contributed by atoms with Gasteiger partial charge in [-0.05, 0) is 77.0 Å². The SMILES string of the molecule is CCCCC/C=C/C/C=C/C/C=C/C/C=C/C/C=C/CCC(=O)OC[C@@H](CO[C@@H]1O[C@H](CO[C@@H]2O[C@H](CO)[C@H](O)C(O)C2O)[C@H](O)C(O)C1O)OC(=O)CCCCCCC/C=C/CCCCCCCC. The first-order valence-corrected chi connectivity index (χ1v) is 26.5. The minimum absolute atomic E-state index is 0.0895. The highest BCUT2D eigenvalue weighted by atomic mass is 16.7. The van der Waals surface area contributed by atoms with E-state index in [1.165, 1.54) is 57.8 Å². The fourth-order valence-corrected chi connectivity index (χ4v) is 7.78. The van der Waals surface area contributed by atoms with Gasteiger partial charge in [-0.1, -0.05) is 151 Å². The van der Waals surface area contributed by atoms with Gasteiger partial charge in [0.05, 0.1) is 19.8 Å². The highest BCUT2D eigenvalue weighted by molar-refractivity contribution is 5.70. The molecule has 402 valence electrons. The largest absolute Gasteiger partial charge is 0.462 e. The van der Waals surface area contributed by atoms with E-state index >= 15 is 0 Å². The Morgan fingerprint density at radius 3 is 1.44 bits per heavy atom. The normalized spacial score (nSPS) is 26.0. The molecule has 0 aromatic carbocycles. The molecule has 2 fully saturated rings. The van der Waals surface area contributed by atoms with Crippen LogP contribution in [0.4, 0.5) is 0 Å². The number of aliphatic hydroxyl groups is 7. The lowest BCUT2D eigenvalue weighted by molar-refractivity contribution is -0.332. The number of unbranched alkanes of at least 4 members (excludes halogenated alkanes) is 14. The zero-order chi connectivity index (χ0) is 51.0. The van der Waals surface area contributed by atoms with Crippen molar-refractivity contribution < 1.29 is 73.8 Å². The summed E-state index contributed by atoms with van der Waals surface area (Å²) in [6.45, 7) is 2.46. The second-order valence-electron chi connectivity index (χ2n) is 18.3. The summed E-state index contributed by atoms with van der Waals surface area (Å²) in [6.07, 6.45) is 32.2. The van der Waals surface area contributed by atoms with E-state index in [1.807, 2.05) is 12.2 Å². The van der Waals surface area contributed by atoms with E-state index in [0.29, 0.717) is 12.8 Å². The Balaban J connectivity index is 1.84. The molecule has 0 aromatic heterocycles. The number of hydrogen-bond acceptors (Lipinski definition) is 15. The molecule has 2 rings (SSSR count). The number of carbonyl (C=O) groups is 2. The molecule has 7 N–H and O–H groups in total. The second-order valence-corrected chi connectivity index (χ2v) is 18.3. The predicted octanol–water partition coefficient (Wildman–Crippen LogP) is 7.82. The van der Waals surface area contributed by atoms with Gasteiger partial charge in [0.15, 0.2) is 18.7 Å². The van der Waals surface area contributed by atoms with Gasteiger partial charge in [-0.3, -0.25) is 9.59 Å². The van der Waals surface area contributed by atoms with Gasteiger partial charge in [0.25, 0.3) is 0 Å². The third-order valence-corrected chi connectivity index (χ3v) is 12.2. The molecule has 0 aliphatic carbocycles. The molecule has 0 amide bonds. The quantitative estimate of drug-likeness (QED) is 0.0176. The number of allylic oxidation sites excluding steroid dienone is 12. The molecule has 4 unspecified atom stereocenters. The van der Waals surface area contributed by atoms with E-state index in [4.69, 9.17) is 28.4 Å². The van der Waals surface area contributed by atoms with Crippen molar-refractivity contribution in [3.05, 3.63) is 72.9 Å². The molecule has 0 spiro atoms. The van der Waals surface area contributed by atoms with Crippen LogP contribution in [0.25, 0.3) is 0 Å². The Bertz CT molecular complexity index is 1490. The van der Waals surface area contributed by atoms with Gasteiger partial charge in [0.2, 0.25) is 0 Å². The minimum Gasteiger partial charge on any atom is -0.462 e. The number of carbonyl (C=O) groups excluding carboxylic acids is 2. The molecule has 0 bridgehead atoms. The molecule has 70 heavy (non-hydrogen) atoms. The summed E-state index contributed by atoms with van der Waals surface area (Å²) >= 11 is 0. The maximum absolute atomic E-state index is 13.0. The van der Waals surface area contributed by atoms with Crippen molar-refractivity contribution in [2.45, 2.75) is 235 Å². The molecular weight excluding hydrogens is 901 g/mol. The zero-order valence-electron chi connectivity index (χ0n) is 42.5. The Morgan fingerprint density at radius 2 is 0.886 bits per heavy atom. The maximum Gasteiger partial charge on any atom is 0.306 e. The average Bonchev–Trinajstić information content (AvgIpc) is 3.35. The third kappa shape index (κ3) is 28.8. The third-order valence-electron chi connectivity index (χ3n) is 12.2. The van der Waals surface area contributed by atoms with Gasteiger partial charge in [-0.25, -0.2) is 0 Å². The van der Waals surface area contributed by atoms with Gasteiger partial charge in [-0.2, -0.15) is 0 Å². The number of rotatable bonds is 40. The van der Waals surface area contributed by atoms with Crippen molar-refractivity contribution in [2.75, 3.05) is 26.4 Å². The summed E-state index contributed by atoms with van der Waals surface area (Å²) in [5, 5.41) is 72.1. The summed E-state index contributed by atoms with van der Waals surface area (Å²) < 4.78 is 33.5. The molecule has 15 nitrogen and oxygen atoms in total. The second kappa shape index (κ2) is 41.4. The van der Waals surface area contributed by atoms with E-state index < -0.39 is 99.3 Å². The van der Waals surface area contributed by atoms with Crippen molar-refractivity contribution in [1.82, 2.24) is 0 Å². The Hall–Kier alpha value is -3.06. The minimum atomic E-state index is -1.78. The molecule has 15 heteroatoms. The Morgan fingerprint density at radius 1 is 0.457 bits per heavy atom. The van der Waals surface area contributed by atoms with Gasteiger partial charge in [0.1, 0.15) is 55.4 Å². The number of aliphatic hydroxyl groups excluding tert-OH is 7. The smallest absolute Gasteiger partial charge is 0.306 e. The Labute approximate surface area is 419 Å². The molecule has 0 radical (unpaired) electrons. The molecule has 11 atom stereocenters. The topological polar surface area (TPSA) is 231 Å². The first-order valence-electron chi connectivity index (χ1n) is 26.5. The number of ether oxygens (including phenoxy) is 6. The van der Waals surface area contributed by atoms with Crippen LogP contribution in [0.5, 0.6) is 0 Å². The van der Waals surface area contributed by atoms with Crippen molar-refractivity contribution in [1.29, 1.82) is 0 Å². The van der Waals surface area contributed by atoms with E-state index in [0.717, 1.165) is 70.6 Å². The molecule has 2 aliphatic rings. The molecule has 2 aliphatic heterocycles. The first kappa shape index (κ1) is 63.1. The van der Waals surface area contributed by atoms with E-state index in [9.17, 15) is 45.3 Å². The Kier molecular flexibility index (Phi) is 37.3. The highest BCUT2D eigenvalue weighted by Crippen LogP contribution is 2.26. The van der Waals surface area contributed by atoms with Crippen LogP contribution < -0.4 is 0 Å². The van der Waals surface area contributed by atoms with Gasteiger partial charge < -0.3 is 64.2 Å². The van der Waals surface area contributed by atoms with E-state index in [1.54, 1.807) is 0 Å². The number of hydrogen-bond donors (Lipinski definition) is 7. The predicted molar refractivity (Wildman–Crippen MR) is 270 cm³/mol. The van der Waals surface area contributed by atoms with Crippen LogP contribution in [0.1, 0.15) is 168 Å². The summed E-state index contributed by atoms with van der Waals surface area (Å²) in [7, 11) is 0. The van der Waals surface area contributed by atoms with Crippen LogP contribution in [-0.2, 0) is 38.0 Å². The summed E-state index contributed by atoms with van der Waals surface area (Å²) in [5.74, 6) is -1.04. The molecule has 0 aromatic rings. The van der Waals surface area contributed by atoms with Gasteiger partial charge in [0, 0.05) is 12.8 Å². The van der Waals surface area contributed by atoms with Crippen LogP contribution in [0.2, 0.25) is 0 Å². The lowest BCUT2D eigenvalue weighted by Crippen LogP contribution is -2.61. The zero-order valence-corrected chi connectivity index (χ0v) is 42.5. The van der Waals surface area contributed by atoms with Crippen LogP contribution in [0, 0.1) is 0 Å². The summed E-state index contributed by atoms with van der Waals surface area (Å²) in [4.78, 5) is 25.7. The fourth-order valence-electron chi connectivity index (χ4n) is 7.78. The van der Waals surface area contributed by atoms with Crippen LogP contribution in [-0.4, -0.2) is 142 Å². The lowest BCUT2D eigenvalue weighted by Gasteiger charge is -2.42. The lowest BCUT2D eigenvalue weighted by atomic mass is 9.98. The first-order chi connectivity index (χ1) is 34.0. The fraction of sp³-hybridized carbons (Fsp3) is 0.745. The van der Waals surface area contributed by atoms with Crippen LogP contribution in [0.3, 0.4) is 0 Å². The molecule has 2 heterocycles. The standard InChI is InChI=1S/C55H92O15/c1-3-5-7-9-11-13-15-17-19-20-21-22-24-25-27-29-31-33-35-37-46(57)65-40-43(68-47(58)38-36-34-32-30-28-26-23-18-16-14-12-10-8-6-4-2)41-66-54-53(64)51(62)49(60)45(70-54)42-67-55-52(63)50(61)48(59)44(39-56)69-55/h11,13,17-19,21-23,25,27,31,33,43-45,48-56,59-64H,3-10,12,14-16,20,24,26,28-30,32,34-42H2,1-2H3/b13-11+,19-17+,22-21+,23-18+,27-25+,33-31+/t43-,44+,45+,48-,49-,50?,51?,52?,53?,54+,55+/m0/s1. The van der Waals surface area contributed by atoms with E-state index in [2.05, 4.69) is 74.6 Å². The average molecular weight is 993 g/mol. The highest BCUT2D eigenvalue weighted by Gasteiger charge is 2.47. The van der Waals surface area contributed by atoms with Gasteiger partial charge >= 0.3 is 11.9 Å². The number of esters is 2. The molecule has 2 saturated heterocycles. The molecule has 0 saturated carbocycles. The van der Waals surface area contributed by atoms with Crippen molar-refractivity contribution >= 4 is 11.9 Å². The van der Waals surface area contributed by atoms with Crippen molar-refractivity contribution in [2.24, 2.45) is 0 Å². The van der Waals surface area contributed by atoms with Crippen molar-refractivity contribution in [3.8, 4) is 0 Å². The monoisotopic (exact) mass is 993 g/mol. The summed E-state index contributed by atoms with van der Waals surface area (Å²) in [6, 6.07) is 0. The van der Waals surface area contributed by atoms with Crippen LogP contribution in [0.15, 0.2) is 72.9 Å².